The highest BCUT2D eigenvalue weighted by molar-refractivity contribution is 6.39. The summed E-state index contributed by atoms with van der Waals surface area (Å²) in [4.78, 5) is 0. The summed E-state index contributed by atoms with van der Waals surface area (Å²) in [6, 6.07) is 5.35. The van der Waals surface area contributed by atoms with Crippen LogP contribution in [-0.2, 0) is 18.5 Å². The van der Waals surface area contributed by atoms with Gasteiger partial charge < -0.3 is 10.1 Å². The van der Waals surface area contributed by atoms with Crippen LogP contribution in [0.4, 0.5) is 8.78 Å². The number of nitrogens with zero attached hydrogens (tertiary/aromatic N) is 2. The second-order valence-electron chi connectivity index (χ2n) is 7.93. The quantitative estimate of drug-likeness (QED) is 0.754. The van der Waals surface area contributed by atoms with Gasteiger partial charge in [0.2, 0.25) is 5.88 Å². The largest absolute Gasteiger partial charge is 0.486 e. The van der Waals surface area contributed by atoms with Gasteiger partial charge in [0.25, 0.3) is 0 Å². The molecule has 0 aliphatic heterocycles. The molecule has 1 aromatic carbocycles. The molecule has 4 nitrogen and oxygen atoms in total. The third kappa shape index (κ3) is 4.92. The summed E-state index contributed by atoms with van der Waals surface area (Å²) in [5.41, 5.74) is 1.07. The van der Waals surface area contributed by atoms with Gasteiger partial charge in [-0.25, -0.2) is 13.5 Å². The summed E-state index contributed by atoms with van der Waals surface area (Å²) in [5, 5.41) is 6.75. The first-order valence-electron chi connectivity index (χ1n) is 9.75. The van der Waals surface area contributed by atoms with Crippen molar-refractivity contribution in [2.24, 2.45) is 5.92 Å². The van der Waals surface area contributed by atoms with Crippen LogP contribution < -0.4 is 10.1 Å². The molecule has 1 heterocycles. The number of rotatable bonds is 7. The molecule has 1 aliphatic rings. The zero-order valence-corrected chi connectivity index (χ0v) is 16.4. The van der Waals surface area contributed by atoms with Crippen LogP contribution in [0.2, 0.25) is 0 Å². The molecule has 3 rings (SSSR count). The number of benzene rings is 1. The lowest BCUT2D eigenvalue weighted by Crippen LogP contribution is -2.36. The highest BCUT2D eigenvalue weighted by atomic mass is 19.1. The van der Waals surface area contributed by atoms with Crippen LogP contribution in [0.5, 0.6) is 5.88 Å². The van der Waals surface area contributed by atoms with Crippen molar-refractivity contribution in [1.29, 1.82) is 0 Å². The number of hydrogen-bond donors (Lipinski definition) is 1. The molecule has 0 spiro atoms. The fraction of sp³-hybridized carbons (Fsp3) is 0.526. The van der Waals surface area contributed by atoms with E-state index >= 15 is 0 Å². The van der Waals surface area contributed by atoms with Gasteiger partial charge in [0.05, 0.1) is 11.1 Å². The maximum Gasteiger partial charge on any atom is 0.211 e. The molecule has 0 saturated heterocycles. The van der Waals surface area contributed by atoms with E-state index in [2.05, 4.69) is 10.4 Å². The minimum atomic E-state index is -1.02. The zero-order chi connectivity index (χ0) is 19.4. The second kappa shape index (κ2) is 8.46. The van der Waals surface area contributed by atoms with E-state index in [0.717, 1.165) is 24.4 Å². The third-order valence-electron chi connectivity index (χ3n) is 5.24. The molecule has 0 bridgehead atoms. The Hall–Kier alpha value is -1.82. The van der Waals surface area contributed by atoms with Crippen molar-refractivity contribution in [2.45, 2.75) is 50.6 Å². The van der Waals surface area contributed by atoms with Crippen molar-refractivity contribution in [3.8, 4) is 5.88 Å². The fourth-order valence-corrected chi connectivity index (χ4v) is 3.82. The monoisotopic (exact) mass is 373 g/mol. The molecule has 144 valence electrons. The molecule has 8 heteroatoms. The molecule has 2 aromatic rings. The summed E-state index contributed by atoms with van der Waals surface area (Å²) in [7, 11) is 5.37. The van der Waals surface area contributed by atoms with Crippen LogP contribution in [0.1, 0.15) is 43.4 Å². The minimum absolute atomic E-state index is 0.197. The summed E-state index contributed by atoms with van der Waals surface area (Å²) < 4.78 is 36.0. The predicted octanol–water partition coefficient (Wildman–Crippen LogP) is 1.92. The molecule has 1 saturated carbocycles. The Balaban J connectivity index is 1.86. The van der Waals surface area contributed by atoms with E-state index in [1.165, 1.54) is 38.2 Å². The lowest BCUT2D eigenvalue weighted by Gasteiger charge is -2.29. The molecular weight excluding hydrogens is 346 g/mol. The summed E-state index contributed by atoms with van der Waals surface area (Å²) in [5.74, 6) is 0.224. The SMILES string of the molecule is BC(B)(Oc1cc(CNC)nn1CC1CCCCC1)c1cc(F)ccc1F. The highest BCUT2D eigenvalue weighted by Gasteiger charge is 2.29. The standard InChI is InChI=1S/C19H27B2F2N3O/c1-24-11-15-10-18(26(25-15)12-13-5-3-2-4-6-13)27-19(20,21)16-9-14(22)7-8-17(16)23/h7-10,13,24H,2-6,11-12,20-21H2,1H3. The number of halogens is 2. The Labute approximate surface area is 161 Å². The topological polar surface area (TPSA) is 39.1 Å². The van der Waals surface area contributed by atoms with Gasteiger partial charge in [-0.15, -0.1) is 0 Å². The van der Waals surface area contributed by atoms with Crippen LogP contribution in [0.25, 0.3) is 0 Å². The van der Waals surface area contributed by atoms with Crippen LogP contribution in [0.15, 0.2) is 24.3 Å². The number of nitrogens with one attached hydrogen (secondary N) is 1. The van der Waals surface area contributed by atoms with Crippen molar-refractivity contribution in [3.05, 3.63) is 47.2 Å². The Morgan fingerprint density at radius 3 is 2.67 bits per heavy atom. The van der Waals surface area contributed by atoms with Crippen LogP contribution >= 0.6 is 0 Å². The maximum absolute atomic E-state index is 14.3. The van der Waals surface area contributed by atoms with E-state index in [1.807, 2.05) is 17.8 Å². The molecule has 1 N–H and O–H groups in total. The molecule has 0 amide bonds. The van der Waals surface area contributed by atoms with Gasteiger partial charge in [0.1, 0.15) is 11.6 Å². The van der Waals surface area contributed by atoms with Crippen LogP contribution in [0, 0.1) is 17.6 Å². The van der Waals surface area contributed by atoms with Gasteiger partial charge in [0, 0.05) is 24.7 Å². The van der Waals surface area contributed by atoms with Gasteiger partial charge in [-0.3, -0.25) is 0 Å². The summed E-state index contributed by atoms with van der Waals surface area (Å²) in [6.45, 7) is 1.42. The number of hydrogen-bond acceptors (Lipinski definition) is 3. The predicted molar refractivity (Wildman–Crippen MR) is 107 cm³/mol. The Bertz CT molecular complexity index is 776. The Morgan fingerprint density at radius 2 is 1.96 bits per heavy atom. The molecule has 1 aromatic heterocycles. The molecular formula is C19H27B2F2N3O. The zero-order valence-electron chi connectivity index (χ0n) is 16.4. The van der Waals surface area contributed by atoms with E-state index in [9.17, 15) is 8.78 Å². The van der Waals surface area contributed by atoms with Crippen molar-refractivity contribution in [2.75, 3.05) is 7.05 Å². The summed E-state index contributed by atoms with van der Waals surface area (Å²) >= 11 is 0. The number of ether oxygens (including phenoxy) is 1. The van der Waals surface area contributed by atoms with Gasteiger partial charge in [-0.05, 0) is 44.0 Å². The van der Waals surface area contributed by atoms with E-state index in [0.29, 0.717) is 18.3 Å². The average Bonchev–Trinajstić information content (AvgIpc) is 2.98. The van der Waals surface area contributed by atoms with E-state index in [1.54, 1.807) is 15.7 Å². The average molecular weight is 373 g/mol. The van der Waals surface area contributed by atoms with Gasteiger partial charge in [-0.1, -0.05) is 19.3 Å². The van der Waals surface area contributed by atoms with Crippen molar-refractivity contribution >= 4 is 15.7 Å². The maximum atomic E-state index is 14.3. The highest BCUT2D eigenvalue weighted by Crippen LogP contribution is 2.30. The fourth-order valence-electron chi connectivity index (χ4n) is 3.82. The lowest BCUT2D eigenvalue weighted by atomic mass is 9.61. The molecule has 0 radical (unpaired) electrons. The first kappa shape index (κ1) is 19.9. The lowest BCUT2D eigenvalue weighted by molar-refractivity contribution is 0.201. The van der Waals surface area contributed by atoms with E-state index in [4.69, 9.17) is 4.74 Å². The normalized spacial score (nSPS) is 15.8. The Kier molecular flexibility index (Phi) is 6.25. The molecule has 27 heavy (non-hydrogen) atoms. The molecule has 1 aliphatic carbocycles. The first-order valence-corrected chi connectivity index (χ1v) is 9.75. The van der Waals surface area contributed by atoms with Gasteiger partial charge in [-0.2, -0.15) is 5.10 Å². The summed E-state index contributed by atoms with van der Waals surface area (Å²) in [6.07, 6.45) is 6.21. The number of aromatic nitrogens is 2. The van der Waals surface area contributed by atoms with Crippen molar-refractivity contribution < 1.29 is 13.5 Å². The molecule has 0 atom stereocenters. The minimum Gasteiger partial charge on any atom is -0.486 e. The van der Waals surface area contributed by atoms with E-state index < -0.39 is 17.0 Å². The van der Waals surface area contributed by atoms with Crippen LogP contribution in [-0.4, -0.2) is 32.5 Å². The molecule has 1 fully saturated rings. The van der Waals surface area contributed by atoms with E-state index in [-0.39, 0.29) is 5.56 Å². The van der Waals surface area contributed by atoms with Gasteiger partial charge >= 0.3 is 0 Å². The van der Waals surface area contributed by atoms with Gasteiger partial charge in [0.15, 0.2) is 15.7 Å². The third-order valence-corrected chi connectivity index (χ3v) is 5.24. The van der Waals surface area contributed by atoms with Crippen LogP contribution in [0.3, 0.4) is 0 Å². The first-order chi connectivity index (χ1) is 12.9. The smallest absolute Gasteiger partial charge is 0.211 e. The molecule has 0 unspecified atom stereocenters. The second-order valence-corrected chi connectivity index (χ2v) is 7.93. The Morgan fingerprint density at radius 1 is 1.22 bits per heavy atom. The van der Waals surface area contributed by atoms with Crippen molar-refractivity contribution in [3.63, 3.8) is 0 Å². The van der Waals surface area contributed by atoms with Crippen molar-refractivity contribution in [1.82, 2.24) is 15.1 Å².